The zero-order valence-corrected chi connectivity index (χ0v) is 15.9. The maximum Gasteiger partial charge on any atom is 0.224 e. The molecule has 3 aromatic rings. The van der Waals surface area contributed by atoms with E-state index >= 15 is 0 Å². The maximum atomic E-state index is 11.7. The molecule has 0 aliphatic carbocycles. The lowest BCUT2D eigenvalue weighted by atomic mass is 10.2. The van der Waals surface area contributed by atoms with Gasteiger partial charge in [0.25, 0.3) is 0 Å². The van der Waals surface area contributed by atoms with Crippen LogP contribution in [0.15, 0.2) is 72.8 Å². The number of amides is 1. The lowest BCUT2D eigenvalue weighted by Crippen LogP contribution is -2.10. The third-order valence-corrected chi connectivity index (χ3v) is 4.07. The zero-order valence-electron chi connectivity index (χ0n) is 15.9. The number of carbonyl (C=O) groups is 1. The molecule has 3 N–H and O–H groups in total. The summed E-state index contributed by atoms with van der Waals surface area (Å²) in [5, 5.41) is 2.82. The van der Waals surface area contributed by atoms with Gasteiger partial charge in [0.2, 0.25) is 5.91 Å². The van der Waals surface area contributed by atoms with Crippen molar-refractivity contribution in [3.8, 4) is 17.2 Å². The van der Waals surface area contributed by atoms with E-state index < -0.39 is 0 Å². The Labute approximate surface area is 165 Å². The summed E-state index contributed by atoms with van der Waals surface area (Å²) in [5.74, 6) is 1.92. The van der Waals surface area contributed by atoms with Gasteiger partial charge in [-0.3, -0.25) is 4.79 Å². The number of nitrogens with one attached hydrogen (secondary N) is 1. The fourth-order valence-electron chi connectivity index (χ4n) is 2.64. The SMILES string of the molecule is CCCC(=O)Nc1ccc(Oc2ccc(OCc3ccccc3)cc2)c(N)c1. The second kappa shape index (κ2) is 9.46. The van der Waals surface area contributed by atoms with E-state index in [1.54, 1.807) is 18.2 Å². The Morgan fingerprint density at radius 3 is 2.36 bits per heavy atom. The molecule has 5 nitrogen and oxygen atoms in total. The summed E-state index contributed by atoms with van der Waals surface area (Å²) >= 11 is 0. The number of hydrogen-bond donors (Lipinski definition) is 2. The molecule has 0 saturated heterocycles. The molecule has 144 valence electrons. The van der Waals surface area contributed by atoms with Crippen molar-refractivity contribution in [2.75, 3.05) is 11.1 Å². The molecule has 0 aliphatic heterocycles. The van der Waals surface area contributed by atoms with E-state index in [9.17, 15) is 4.79 Å². The molecule has 0 spiro atoms. The van der Waals surface area contributed by atoms with Gasteiger partial charge < -0.3 is 20.5 Å². The third kappa shape index (κ3) is 5.51. The number of hydrogen-bond acceptors (Lipinski definition) is 4. The molecule has 0 unspecified atom stereocenters. The maximum absolute atomic E-state index is 11.7. The van der Waals surface area contributed by atoms with Crippen molar-refractivity contribution in [1.29, 1.82) is 0 Å². The molecule has 5 heteroatoms. The average molecular weight is 376 g/mol. The predicted molar refractivity (Wildman–Crippen MR) is 112 cm³/mol. The van der Waals surface area contributed by atoms with Crippen LogP contribution >= 0.6 is 0 Å². The van der Waals surface area contributed by atoms with E-state index in [0.29, 0.717) is 35.9 Å². The van der Waals surface area contributed by atoms with Crippen molar-refractivity contribution < 1.29 is 14.3 Å². The number of benzene rings is 3. The van der Waals surface area contributed by atoms with Crippen LogP contribution in [0.3, 0.4) is 0 Å². The number of ether oxygens (including phenoxy) is 2. The molecule has 28 heavy (non-hydrogen) atoms. The van der Waals surface area contributed by atoms with Crippen LogP contribution in [-0.2, 0) is 11.4 Å². The minimum Gasteiger partial charge on any atom is -0.489 e. The largest absolute Gasteiger partial charge is 0.489 e. The first-order valence-electron chi connectivity index (χ1n) is 9.28. The number of rotatable bonds is 8. The summed E-state index contributed by atoms with van der Waals surface area (Å²) in [6.45, 7) is 2.47. The Bertz CT molecular complexity index is 909. The summed E-state index contributed by atoms with van der Waals surface area (Å²) in [4.78, 5) is 11.7. The molecule has 0 atom stereocenters. The second-order valence-electron chi connectivity index (χ2n) is 6.40. The highest BCUT2D eigenvalue weighted by molar-refractivity contribution is 5.91. The van der Waals surface area contributed by atoms with Crippen molar-refractivity contribution in [3.63, 3.8) is 0 Å². The Kier molecular flexibility index (Phi) is 6.52. The zero-order chi connectivity index (χ0) is 19.8. The molecule has 0 radical (unpaired) electrons. The third-order valence-electron chi connectivity index (χ3n) is 4.07. The first-order valence-corrected chi connectivity index (χ1v) is 9.28. The van der Waals surface area contributed by atoms with E-state index in [1.807, 2.05) is 61.5 Å². The first kappa shape index (κ1) is 19.3. The molecule has 0 fully saturated rings. The monoisotopic (exact) mass is 376 g/mol. The molecular weight excluding hydrogens is 352 g/mol. The highest BCUT2D eigenvalue weighted by atomic mass is 16.5. The van der Waals surface area contributed by atoms with Gasteiger partial charge in [-0.1, -0.05) is 37.3 Å². The fraction of sp³-hybridized carbons (Fsp3) is 0.174. The number of carbonyl (C=O) groups excluding carboxylic acids is 1. The van der Waals surface area contributed by atoms with Crippen LogP contribution in [0.25, 0.3) is 0 Å². The van der Waals surface area contributed by atoms with Gasteiger partial charge in [0.15, 0.2) is 0 Å². The summed E-state index contributed by atoms with van der Waals surface area (Å²) in [7, 11) is 0. The Balaban J connectivity index is 1.58. The predicted octanol–water partition coefficient (Wildman–Crippen LogP) is 5.38. The van der Waals surface area contributed by atoms with Crippen molar-refractivity contribution in [2.45, 2.75) is 26.4 Å². The van der Waals surface area contributed by atoms with Gasteiger partial charge in [-0.25, -0.2) is 0 Å². The topological polar surface area (TPSA) is 73.6 Å². The molecule has 0 bridgehead atoms. The van der Waals surface area contributed by atoms with Crippen LogP contribution in [0.2, 0.25) is 0 Å². The summed E-state index contributed by atoms with van der Waals surface area (Å²) in [5.41, 5.74) is 8.29. The van der Waals surface area contributed by atoms with Crippen molar-refractivity contribution in [2.24, 2.45) is 0 Å². The van der Waals surface area contributed by atoms with Gasteiger partial charge in [-0.15, -0.1) is 0 Å². The van der Waals surface area contributed by atoms with E-state index in [1.165, 1.54) is 0 Å². The van der Waals surface area contributed by atoms with Crippen LogP contribution < -0.4 is 20.5 Å². The number of anilines is 2. The lowest BCUT2D eigenvalue weighted by Gasteiger charge is -2.12. The average Bonchev–Trinajstić information content (AvgIpc) is 2.70. The quantitative estimate of drug-likeness (QED) is 0.518. The highest BCUT2D eigenvalue weighted by Crippen LogP contribution is 2.31. The standard InChI is InChI=1S/C23H24N2O3/c1-2-6-23(26)25-18-9-14-22(21(24)15-18)28-20-12-10-19(11-13-20)27-16-17-7-4-3-5-8-17/h3-5,7-15H,2,6,16,24H2,1H3,(H,25,26). The molecule has 1 amide bonds. The van der Waals surface area contributed by atoms with Gasteiger partial charge >= 0.3 is 0 Å². The van der Waals surface area contributed by atoms with Crippen LogP contribution in [0, 0.1) is 0 Å². The van der Waals surface area contributed by atoms with Crippen LogP contribution in [0.1, 0.15) is 25.3 Å². The lowest BCUT2D eigenvalue weighted by molar-refractivity contribution is -0.116. The molecule has 0 aromatic heterocycles. The van der Waals surface area contributed by atoms with Crippen molar-refractivity contribution >= 4 is 17.3 Å². The van der Waals surface area contributed by atoms with E-state index in [0.717, 1.165) is 17.7 Å². The van der Waals surface area contributed by atoms with Crippen molar-refractivity contribution in [3.05, 3.63) is 78.4 Å². The van der Waals surface area contributed by atoms with Gasteiger partial charge in [0, 0.05) is 12.1 Å². The number of nitrogens with two attached hydrogens (primary N) is 1. The van der Waals surface area contributed by atoms with E-state index in [-0.39, 0.29) is 5.91 Å². The first-order chi connectivity index (χ1) is 13.6. The molecule has 0 saturated carbocycles. The minimum atomic E-state index is -0.0262. The Hall–Kier alpha value is -3.47. The van der Waals surface area contributed by atoms with Crippen molar-refractivity contribution in [1.82, 2.24) is 0 Å². The summed E-state index contributed by atoms with van der Waals surface area (Å²) in [6, 6.07) is 22.6. The van der Waals surface area contributed by atoms with Crippen LogP contribution in [0.4, 0.5) is 11.4 Å². The van der Waals surface area contributed by atoms with Gasteiger partial charge in [0.1, 0.15) is 23.9 Å². The van der Waals surface area contributed by atoms with Crippen LogP contribution in [-0.4, -0.2) is 5.91 Å². The summed E-state index contributed by atoms with van der Waals surface area (Å²) in [6.07, 6.45) is 1.28. The van der Waals surface area contributed by atoms with Gasteiger partial charge in [0.05, 0.1) is 5.69 Å². The van der Waals surface area contributed by atoms with E-state index in [2.05, 4.69) is 5.32 Å². The normalized spacial score (nSPS) is 10.3. The molecule has 0 aliphatic rings. The van der Waals surface area contributed by atoms with Gasteiger partial charge in [-0.2, -0.15) is 0 Å². The highest BCUT2D eigenvalue weighted by Gasteiger charge is 2.07. The molecule has 0 heterocycles. The number of nitrogen functional groups attached to an aromatic ring is 1. The molecule has 3 aromatic carbocycles. The fourth-order valence-corrected chi connectivity index (χ4v) is 2.64. The second-order valence-corrected chi connectivity index (χ2v) is 6.40. The Morgan fingerprint density at radius 2 is 1.68 bits per heavy atom. The molecular formula is C23H24N2O3. The molecule has 3 rings (SSSR count). The minimum absolute atomic E-state index is 0.0262. The van der Waals surface area contributed by atoms with E-state index in [4.69, 9.17) is 15.2 Å². The Morgan fingerprint density at radius 1 is 0.964 bits per heavy atom. The summed E-state index contributed by atoms with van der Waals surface area (Å²) < 4.78 is 11.6. The smallest absolute Gasteiger partial charge is 0.224 e. The van der Waals surface area contributed by atoms with Gasteiger partial charge in [-0.05, 0) is 54.4 Å². The van der Waals surface area contributed by atoms with Crippen LogP contribution in [0.5, 0.6) is 17.2 Å².